The molecular weight excluding hydrogens is 733 g/mol. The van der Waals surface area contributed by atoms with E-state index in [1.54, 1.807) is 0 Å². The van der Waals surface area contributed by atoms with Crippen LogP contribution in [0.4, 0.5) is 0 Å². The van der Waals surface area contributed by atoms with E-state index < -0.39 is 6.10 Å². The number of ether oxygens (including phenoxy) is 3. The third-order valence-corrected chi connectivity index (χ3v) is 10.8. The molecule has 0 aromatic rings. The van der Waals surface area contributed by atoms with Gasteiger partial charge in [0.25, 0.3) is 0 Å². The number of carbonyl (C=O) groups is 3. The monoisotopic (exact) mass is 827 g/mol. The number of esters is 3. The van der Waals surface area contributed by atoms with Crippen LogP contribution in [0.1, 0.15) is 252 Å². The van der Waals surface area contributed by atoms with E-state index in [1.807, 2.05) is 0 Å². The minimum absolute atomic E-state index is 0.0864. The van der Waals surface area contributed by atoms with Crippen molar-refractivity contribution in [3.05, 3.63) is 48.6 Å². The van der Waals surface area contributed by atoms with E-state index in [2.05, 4.69) is 69.4 Å². The predicted octanol–water partition coefficient (Wildman–Crippen LogP) is 16.3. The molecule has 0 N–H and O–H groups in total. The van der Waals surface area contributed by atoms with Crippen LogP contribution >= 0.6 is 0 Å². The third-order valence-electron chi connectivity index (χ3n) is 10.8. The maximum Gasteiger partial charge on any atom is 0.306 e. The molecule has 0 bridgehead atoms. The van der Waals surface area contributed by atoms with Crippen molar-refractivity contribution in [3.8, 4) is 0 Å². The Balaban J connectivity index is 4.44. The first-order chi connectivity index (χ1) is 29.0. The molecule has 0 aromatic carbocycles. The summed E-state index contributed by atoms with van der Waals surface area (Å²) in [5.74, 6) is -0.930. The molecule has 0 aromatic heterocycles. The van der Waals surface area contributed by atoms with E-state index in [9.17, 15) is 14.4 Å². The Morgan fingerprint density at radius 1 is 0.339 bits per heavy atom. The number of unbranched alkanes of at least 4 members (excludes halogenated alkanes) is 26. The molecule has 0 heterocycles. The topological polar surface area (TPSA) is 78.9 Å². The highest BCUT2D eigenvalue weighted by atomic mass is 16.6. The first-order valence-corrected chi connectivity index (χ1v) is 25.1. The second-order valence-corrected chi connectivity index (χ2v) is 16.7. The van der Waals surface area contributed by atoms with Crippen molar-refractivity contribution < 1.29 is 28.6 Å². The molecule has 6 heteroatoms. The second kappa shape index (κ2) is 48.0. The maximum atomic E-state index is 12.8. The molecular formula is C53H94O6. The van der Waals surface area contributed by atoms with Gasteiger partial charge in [-0.25, -0.2) is 0 Å². The zero-order valence-electron chi connectivity index (χ0n) is 39.0. The largest absolute Gasteiger partial charge is 0.462 e. The minimum atomic E-state index is -0.789. The summed E-state index contributed by atoms with van der Waals surface area (Å²) in [6.07, 6.45) is 56.6. The van der Waals surface area contributed by atoms with Gasteiger partial charge >= 0.3 is 17.9 Å². The minimum Gasteiger partial charge on any atom is -0.462 e. The molecule has 0 rings (SSSR count). The third kappa shape index (κ3) is 46.3. The lowest BCUT2D eigenvalue weighted by Crippen LogP contribution is -2.30. The van der Waals surface area contributed by atoms with Gasteiger partial charge in [0.1, 0.15) is 13.2 Å². The Morgan fingerprint density at radius 2 is 0.610 bits per heavy atom. The molecule has 0 aliphatic rings. The Hall–Kier alpha value is -2.63. The van der Waals surface area contributed by atoms with Crippen LogP contribution in [0.25, 0.3) is 0 Å². The molecule has 0 unspecified atom stereocenters. The van der Waals surface area contributed by atoms with Gasteiger partial charge in [0.05, 0.1) is 0 Å². The quantitative estimate of drug-likeness (QED) is 0.0263. The molecule has 0 spiro atoms. The summed E-state index contributed by atoms with van der Waals surface area (Å²) >= 11 is 0. The molecule has 0 amide bonds. The van der Waals surface area contributed by atoms with E-state index in [0.29, 0.717) is 19.3 Å². The van der Waals surface area contributed by atoms with E-state index in [1.165, 1.54) is 128 Å². The molecule has 0 saturated carbocycles. The van der Waals surface area contributed by atoms with Gasteiger partial charge in [-0.15, -0.1) is 0 Å². The van der Waals surface area contributed by atoms with Crippen LogP contribution in [-0.2, 0) is 28.6 Å². The van der Waals surface area contributed by atoms with Crippen molar-refractivity contribution in [2.45, 2.75) is 258 Å². The lowest BCUT2D eigenvalue weighted by atomic mass is 10.0. The van der Waals surface area contributed by atoms with Crippen molar-refractivity contribution in [2.75, 3.05) is 13.2 Å². The number of hydrogen-bond acceptors (Lipinski definition) is 6. The zero-order chi connectivity index (χ0) is 43.0. The molecule has 59 heavy (non-hydrogen) atoms. The SMILES string of the molecule is CCCCC/C=C\C/C=C\C/C=C\CCCCC(=O)OC[C@H](COC(=O)CCCCCCCCCCCCCCC)OC(=O)CCCCCCC/C=C\CCCCCC. The van der Waals surface area contributed by atoms with Gasteiger partial charge < -0.3 is 14.2 Å². The first kappa shape index (κ1) is 56.4. The summed E-state index contributed by atoms with van der Waals surface area (Å²) < 4.78 is 16.7. The van der Waals surface area contributed by atoms with Crippen molar-refractivity contribution in [2.24, 2.45) is 0 Å². The summed E-state index contributed by atoms with van der Waals surface area (Å²) in [5.41, 5.74) is 0. The summed E-state index contributed by atoms with van der Waals surface area (Å²) in [4.78, 5) is 37.9. The van der Waals surface area contributed by atoms with Crippen molar-refractivity contribution in [1.82, 2.24) is 0 Å². The second-order valence-electron chi connectivity index (χ2n) is 16.7. The fourth-order valence-corrected chi connectivity index (χ4v) is 6.97. The van der Waals surface area contributed by atoms with Crippen LogP contribution in [-0.4, -0.2) is 37.2 Å². The van der Waals surface area contributed by atoms with Crippen LogP contribution in [0.5, 0.6) is 0 Å². The van der Waals surface area contributed by atoms with Crippen molar-refractivity contribution >= 4 is 17.9 Å². The molecule has 0 aliphatic carbocycles. The predicted molar refractivity (Wildman–Crippen MR) is 252 cm³/mol. The van der Waals surface area contributed by atoms with Crippen LogP contribution in [0.3, 0.4) is 0 Å². The Kier molecular flexibility index (Phi) is 45.9. The van der Waals surface area contributed by atoms with Crippen LogP contribution in [0.2, 0.25) is 0 Å². The lowest BCUT2D eigenvalue weighted by Gasteiger charge is -2.18. The summed E-state index contributed by atoms with van der Waals surface area (Å²) in [6, 6.07) is 0. The Bertz CT molecular complexity index is 1040. The van der Waals surface area contributed by atoms with E-state index in [4.69, 9.17) is 14.2 Å². The molecule has 0 radical (unpaired) electrons. The van der Waals surface area contributed by atoms with Gasteiger partial charge in [-0.3, -0.25) is 14.4 Å². The first-order valence-electron chi connectivity index (χ1n) is 25.1. The van der Waals surface area contributed by atoms with Crippen LogP contribution in [0.15, 0.2) is 48.6 Å². The molecule has 1 atom stereocenters. The van der Waals surface area contributed by atoms with Gasteiger partial charge in [-0.1, -0.05) is 198 Å². The normalized spacial score (nSPS) is 12.4. The molecule has 342 valence electrons. The average Bonchev–Trinajstić information content (AvgIpc) is 3.23. The smallest absolute Gasteiger partial charge is 0.306 e. The van der Waals surface area contributed by atoms with E-state index in [-0.39, 0.29) is 31.1 Å². The summed E-state index contributed by atoms with van der Waals surface area (Å²) in [7, 11) is 0. The zero-order valence-corrected chi connectivity index (χ0v) is 39.0. The van der Waals surface area contributed by atoms with Crippen LogP contribution in [0, 0.1) is 0 Å². The van der Waals surface area contributed by atoms with Gasteiger partial charge in [-0.2, -0.15) is 0 Å². The van der Waals surface area contributed by atoms with Crippen molar-refractivity contribution in [3.63, 3.8) is 0 Å². The highest BCUT2D eigenvalue weighted by molar-refractivity contribution is 5.71. The van der Waals surface area contributed by atoms with Gasteiger partial charge in [0, 0.05) is 19.3 Å². The molecule has 0 saturated heterocycles. The summed E-state index contributed by atoms with van der Waals surface area (Å²) in [6.45, 7) is 6.56. The van der Waals surface area contributed by atoms with Gasteiger partial charge in [-0.05, 0) is 83.5 Å². The molecule has 6 nitrogen and oxygen atoms in total. The standard InChI is InChI=1S/C53H94O6/c1-4-7-10-13-16-19-22-25-26-29-31-34-37-40-43-46-52(55)58-49-50(59-53(56)47-44-41-38-35-32-28-24-21-18-15-12-9-6-3)48-57-51(54)45-42-39-36-33-30-27-23-20-17-14-11-8-5-2/h16,19,21,24-26,31,34,50H,4-15,17-18,20,22-23,27-30,32-33,35-49H2,1-3H3/b19-16-,24-21-,26-25-,34-31-/t50-/m0/s1. The van der Waals surface area contributed by atoms with Crippen LogP contribution < -0.4 is 0 Å². The molecule has 0 fully saturated rings. The van der Waals surface area contributed by atoms with Gasteiger partial charge in [0.2, 0.25) is 0 Å². The van der Waals surface area contributed by atoms with E-state index >= 15 is 0 Å². The summed E-state index contributed by atoms with van der Waals surface area (Å²) in [5, 5.41) is 0. The Morgan fingerprint density at radius 3 is 1.05 bits per heavy atom. The number of carbonyl (C=O) groups excluding carboxylic acids is 3. The number of rotatable bonds is 45. The number of hydrogen-bond donors (Lipinski definition) is 0. The fourth-order valence-electron chi connectivity index (χ4n) is 6.97. The van der Waals surface area contributed by atoms with Gasteiger partial charge in [0.15, 0.2) is 6.10 Å². The van der Waals surface area contributed by atoms with Crippen molar-refractivity contribution in [1.29, 1.82) is 0 Å². The Labute approximate surface area is 365 Å². The highest BCUT2D eigenvalue weighted by Gasteiger charge is 2.19. The number of allylic oxidation sites excluding steroid dienone is 8. The molecule has 0 aliphatic heterocycles. The maximum absolute atomic E-state index is 12.8. The lowest BCUT2D eigenvalue weighted by molar-refractivity contribution is -0.167. The highest BCUT2D eigenvalue weighted by Crippen LogP contribution is 2.15. The fraction of sp³-hybridized carbons (Fsp3) is 0.792. The van der Waals surface area contributed by atoms with E-state index in [0.717, 1.165) is 83.5 Å². The average molecular weight is 827 g/mol.